The van der Waals surface area contributed by atoms with Crippen molar-refractivity contribution in [1.29, 1.82) is 0 Å². The molecule has 0 saturated heterocycles. The van der Waals surface area contributed by atoms with Crippen molar-refractivity contribution in [1.82, 2.24) is 9.55 Å². The molecule has 1 N–H and O–H groups in total. The minimum atomic E-state index is -0.603. The van der Waals surface area contributed by atoms with Crippen molar-refractivity contribution >= 4 is 34.3 Å². The van der Waals surface area contributed by atoms with Crippen LogP contribution < -0.4 is 10.1 Å². The Morgan fingerprint density at radius 2 is 2.04 bits per heavy atom. The van der Waals surface area contributed by atoms with Crippen LogP contribution in [0.4, 0.5) is 11.4 Å². The molecule has 10 nitrogen and oxygen atoms in total. The molecule has 0 saturated carbocycles. The van der Waals surface area contributed by atoms with Crippen LogP contribution in [0, 0.1) is 10.1 Å². The summed E-state index contributed by atoms with van der Waals surface area (Å²) < 4.78 is 11.6. The summed E-state index contributed by atoms with van der Waals surface area (Å²) in [6, 6.07) is 11.1. The van der Waals surface area contributed by atoms with E-state index in [1.54, 1.807) is 4.57 Å². The second-order valence-corrected chi connectivity index (χ2v) is 5.71. The van der Waals surface area contributed by atoms with Gasteiger partial charge in [0, 0.05) is 6.07 Å². The number of amides is 1. The number of nitrogens with zero attached hydrogens (tertiary/aromatic N) is 3. The van der Waals surface area contributed by atoms with E-state index in [1.165, 1.54) is 31.6 Å². The van der Waals surface area contributed by atoms with Crippen molar-refractivity contribution < 1.29 is 24.0 Å². The maximum atomic E-state index is 12.0. The number of carbonyl (C=O) groups is 2. The third kappa shape index (κ3) is 4.23. The first-order valence-corrected chi connectivity index (χ1v) is 8.15. The molecule has 1 heterocycles. The van der Waals surface area contributed by atoms with E-state index in [2.05, 4.69) is 10.3 Å². The monoisotopic (exact) mass is 384 g/mol. The molecule has 1 amide bonds. The number of anilines is 1. The predicted molar refractivity (Wildman–Crippen MR) is 99.0 cm³/mol. The Kier molecular flexibility index (Phi) is 5.49. The number of benzene rings is 2. The normalized spacial score (nSPS) is 10.5. The largest absolute Gasteiger partial charge is 0.494 e. The summed E-state index contributed by atoms with van der Waals surface area (Å²) in [5, 5.41) is 13.3. The molecule has 2 aromatic carbocycles. The summed E-state index contributed by atoms with van der Waals surface area (Å²) in [5.74, 6) is -1.08. The Hall–Kier alpha value is -3.95. The Morgan fingerprint density at radius 1 is 1.25 bits per heavy atom. The van der Waals surface area contributed by atoms with Gasteiger partial charge >= 0.3 is 5.97 Å². The standard InChI is InChI=1S/C18H16N4O6/c1-27-16-8-12(22(25)26)6-7-14(16)20-17(23)10-28-18(24)9-21-11-19-13-4-2-3-5-15(13)21/h2-8,11H,9-10H2,1H3,(H,20,23). The number of fused-ring (bicyclic) bond motifs is 1. The fourth-order valence-electron chi connectivity index (χ4n) is 2.55. The molecule has 28 heavy (non-hydrogen) atoms. The van der Waals surface area contributed by atoms with Gasteiger partial charge in [-0.05, 0) is 18.2 Å². The number of carbonyl (C=O) groups excluding carboxylic acids is 2. The third-order valence-corrected chi connectivity index (χ3v) is 3.86. The number of hydrogen-bond donors (Lipinski definition) is 1. The zero-order chi connectivity index (χ0) is 20.1. The lowest BCUT2D eigenvalue weighted by molar-refractivity contribution is -0.384. The van der Waals surface area contributed by atoms with Crippen LogP contribution in [0.2, 0.25) is 0 Å². The topological polar surface area (TPSA) is 126 Å². The highest BCUT2D eigenvalue weighted by Crippen LogP contribution is 2.28. The number of nitro groups is 1. The Balaban J connectivity index is 1.57. The third-order valence-electron chi connectivity index (χ3n) is 3.86. The quantitative estimate of drug-likeness (QED) is 0.376. The summed E-state index contributed by atoms with van der Waals surface area (Å²) in [7, 11) is 1.32. The van der Waals surface area contributed by atoms with Crippen molar-refractivity contribution in [3.8, 4) is 5.75 Å². The molecule has 0 aliphatic heterocycles. The van der Waals surface area contributed by atoms with E-state index in [1.807, 2.05) is 24.3 Å². The van der Waals surface area contributed by atoms with Gasteiger partial charge in [0.2, 0.25) is 0 Å². The Labute approximate surface area is 158 Å². The lowest BCUT2D eigenvalue weighted by Gasteiger charge is -2.10. The van der Waals surface area contributed by atoms with Crippen LogP contribution >= 0.6 is 0 Å². The van der Waals surface area contributed by atoms with Crippen LogP contribution in [-0.2, 0) is 20.9 Å². The molecule has 1 aromatic heterocycles. The van der Waals surface area contributed by atoms with Gasteiger partial charge in [0.15, 0.2) is 6.61 Å². The van der Waals surface area contributed by atoms with Crippen LogP contribution in [-0.4, -0.2) is 40.1 Å². The summed E-state index contributed by atoms with van der Waals surface area (Å²) in [5.41, 5.74) is 1.58. The highest BCUT2D eigenvalue weighted by Gasteiger charge is 2.15. The van der Waals surface area contributed by atoms with Gasteiger partial charge in [0.25, 0.3) is 11.6 Å². The van der Waals surface area contributed by atoms with Gasteiger partial charge in [-0.25, -0.2) is 4.98 Å². The number of ether oxygens (including phenoxy) is 2. The number of nitrogens with one attached hydrogen (secondary N) is 1. The summed E-state index contributed by atoms with van der Waals surface area (Å²) in [4.78, 5) is 38.4. The summed E-state index contributed by atoms with van der Waals surface area (Å²) in [6.07, 6.45) is 1.52. The van der Waals surface area contributed by atoms with Crippen LogP contribution in [0.5, 0.6) is 5.75 Å². The fourth-order valence-corrected chi connectivity index (χ4v) is 2.55. The highest BCUT2D eigenvalue weighted by molar-refractivity contribution is 5.94. The van der Waals surface area contributed by atoms with Crippen LogP contribution in [0.25, 0.3) is 11.0 Å². The minimum Gasteiger partial charge on any atom is -0.494 e. The Morgan fingerprint density at radius 3 is 2.79 bits per heavy atom. The van der Waals surface area contributed by atoms with E-state index in [0.717, 1.165) is 11.0 Å². The molecule has 0 aliphatic rings. The van der Waals surface area contributed by atoms with Crippen LogP contribution in [0.15, 0.2) is 48.8 Å². The van der Waals surface area contributed by atoms with E-state index in [-0.39, 0.29) is 23.7 Å². The van der Waals surface area contributed by atoms with Gasteiger partial charge < -0.3 is 19.4 Å². The smallest absolute Gasteiger partial charge is 0.326 e. The second-order valence-electron chi connectivity index (χ2n) is 5.71. The van der Waals surface area contributed by atoms with Gasteiger partial charge in [-0.3, -0.25) is 19.7 Å². The maximum Gasteiger partial charge on any atom is 0.326 e. The van der Waals surface area contributed by atoms with E-state index in [9.17, 15) is 19.7 Å². The Bertz CT molecular complexity index is 1050. The molecular weight excluding hydrogens is 368 g/mol. The first-order chi connectivity index (χ1) is 13.5. The number of aromatic nitrogens is 2. The van der Waals surface area contributed by atoms with Gasteiger partial charge in [-0.15, -0.1) is 0 Å². The summed E-state index contributed by atoms with van der Waals surface area (Å²) >= 11 is 0. The van der Waals surface area contributed by atoms with E-state index >= 15 is 0 Å². The lowest BCUT2D eigenvalue weighted by Crippen LogP contribution is -2.23. The van der Waals surface area contributed by atoms with Crippen LogP contribution in [0.1, 0.15) is 0 Å². The van der Waals surface area contributed by atoms with Crippen molar-refractivity contribution in [2.24, 2.45) is 0 Å². The van der Waals surface area contributed by atoms with E-state index in [0.29, 0.717) is 0 Å². The zero-order valence-corrected chi connectivity index (χ0v) is 14.8. The lowest BCUT2D eigenvalue weighted by atomic mass is 10.2. The molecule has 10 heteroatoms. The molecule has 0 aliphatic carbocycles. The number of esters is 1. The number of nitro benzene ring substituents is 1. The maximum absolute atomic E-state index is 12.0. The number of hydrogen-bond acceptors (Lipinski definition) is 7. The summed E-state index contributed by atoms with van der Waals surface area (Å²) in [6.45, 7) is -0.597. The number of imidazole rings is 1. The van der Waals surface area contributed by atoms with Gasteiger partial charge in [-0.2, -0.15) is 0 Å². The van der Waals surface area contributed by atoms with Gasteiger partial charge in [-0.1, -0.05) is 12.1 Å². The van der Waals surface area contributed by atoms with E-state index < -0.39 is 23.4 Å². The molecule has 3 rings (SSSR count). The average Bonchev–Trinajstić information content (AvgIpc) is 3.09. The average molecular weight is 384 g/mol. The molecular formula is C18H16N4O6. The SMILES string of the molecule is COc1cc([N+](=O)[O-])ccc1NC(=O)COC(=O)Cn1cnc2ccccc21. The molecule has 144 valence electrons. The van der Waals surface area contributed by atoms with Crippen LogP contribution in [0.3, 0.4) is 0 Å². The van der Waals surface area contributed by atoms with Gasteiger partial charge in [0.05, 0.1) is 41.1 Å². The van der Waals surface area contributed by atoms with Crippen molar-refractivity contribution in [2.75, 3.05) is 19.0 Å². The molecule has 0 fully saturated rings. The molecule has 0 radical (unpaired) electrons. The fraction of sp³-hybridized carbons (Fsp3) is 0.167. The van der Waals surface area contributed by atoms with Crippen molar-refractivity contribution in [3.63, 3.8) is 0 Å². The number of rotatable bonds is 7. The highest BCUT2D eigenvalue weighted by atomic mass is 16.6. The molecule has 3 aromatic rings. The number of methoxy groups -OCH3 is 1. The number of para-hydroxylation sites is 2. The van der Waals surface area contributed by atoms with Crippen molar-refractivity contribution in [3.05, 3.63) is 58.9 Å². The molecule has 0 unspecified atom stereocenters. The molecule has 0 atom stereocenters. The molecule has 0 bridgehead atoms. The van der Waals surface area contributed by atoms with Crippen molar-refractivity contribution in [2.45, 2.75) is 6.54 Å². The number of non-ortho nitro benzene ring substituents is 1. The minimum absolute atomic E-state index is 0.0886. The first kappa shape index (κ1) is 18.8. The second kappa shape index (κ2) is 8.16. The predicted octanol–water partition coefficient (Wildman–Crippen LogP) is 2.13. The molecule has 0 spiro atoms. The zero-order valence-electron chi connectivity index (χ0n) is 14.8. The van der Waals surface area contributed by atoms with E-state index in [4.69, 9.17) is 9.47 Å². The van der Waals surface area contributed by atoms with Gasteiger partial charge in [0.1, 0.15) is 12.3 Å². The first-order valence-electron chi connectivity index (χ1n) is 8.15.